The Kier molecular flexibility index (Phi) is 4.76. The zero-order valence-electron chi connectivity index (χ0n) is 10.6. The molecule has 1 heterocycles. The minimum absolute atomic E-state index is 0.205. The number of benzene rings is 1. The Hall–Kier alpha value is -0.710. The van der Waals surface area contributed by atoms with E-state index in [9.17, 15) is 13.2 Å². The van der Waals surface area contributed by atoms with E-state index < -0.39 is 11.7 Å². The van der Waals surface area contributed by atoms with E-state index in [4.69, 9.17) is 0 Å². The van der Waals surface area contributed by atoms with E-state index in [1.807, 2.05) is 4.90 Å². The molecule has 0 aliphatic carbocycles. The Morgan fingerprint density at radius 2 is 1.95 bits per heavy atom. The molecule has 1 saturated heterocycles. The van der Waals surface area contributed by atoms with E-state index in [1.54, 1.807) is 12.1 Å². The fourth-order valence-electron chi connectivity index (χ4n) is 2.71. The van der Waals surface area contributed by atoms with E-state index in [0.717, 1.165) is 31.0 Å². The summed E-state index contributed by atoms with van der Waals surface area (Å²) in [5.41, 5.74) is -0.183. The van der Waals surface area contributed by atoms with Crippen molar-refractivity contribution >= 4 is 21.6 Å². The van der Waals surface area contributed by atoms with Gasteiger partial charge in [-0.15, -0.1) is 0 Å². The monoisotopic (exact) mass is 335 g/mol. The molecule has 1 aliphatic rings. The largest absolute Gasteiger partial charge is 0.418 e. The van der Waals surface area contributed by atoms with Crippen LogP contribution in [0.5, 0.6) is 0 Å². The minimum Gasteiger partial charge on any atom is -0.368 e. The highest BCUT2D eigenvalue weighted by molar-refractivity contribution is 9.09. The van der Waals surface area contributed by atoms with Crippen LogP contribution in [0.15, 0.2) is 24.3 Å². The number of rotatable bonds is 3. The predicted molar refractivity (Wildman–Crippen MR) is 74.8 cm³/mol. The zero-order valence-corrected chi connectivity index (χ0v) is 12.2. The van der Waals surface area contributed by atoms with E-state index in [0.29, 0.717) is 12.2 Å². The first kappa shape index (κ1) is 14.7. The predicted octanol–water partition coefficient (Wildman–Crippen LogP) is 4.85. The molecule has 1 fully saturated rings. The summed E-state index contributed by atoms with van der Waals surface area (Å²) < 4.78 is 39.2. The Morgan fingerprint density at radius 1 is 1.21 bits per heavy atom. The summed E-state index contributed by atoms with van der Waals surface area (Å²) in [5, 5.41) is 0.822. The molecule has 0 spiro atoms. The summed E-state index contributed by atoms with van der Waals surface area (Å²) >= 11 is 3.39. The van der Waals surface area contributed by atoms with Crippen molar-refractivity contribution in [3.63, 3.8) is 0 Å². The summed E-state index contributed by atoms with van der Waals surface area (Å²) in [6, 6.07) is 6.11. The van der Waals surface area contributed by atoms with Gasteiger partial charge in [0.25, 0.3) is 0 Å². The number of alkyl halides is 4. The van der Waals surface area contributed by atoms with Gasteiger partial charge in [0, 0.05) is 23.6 Å². The van der Waals surface area contributed by atoms with Crippen molar-refractivity contribution in [3.8, 4) is 0 Å². The molecule has 0 amide bonds. The van der Waals surface area contributed by atoms with Crippen LogP contribution in [0.2, 0.25) is 0 Å². The van der Waals surface area contributed by atoms with E-state index in [1.165, 1.54) is 12.1 Å². The van der Waals surface area contributed by atoms with Crippen molar-refractivity contribution in [3.05, 3.63) is 29.8 Å². The average molecular weight is 336 g/mol. The highest BCUT2D eigenvalue weighted by Gasteiger charge is 2.36. The van der Waals surface area contributed by atoms with Crippen molar-refractivity contribution < 1.29 is 13.2 Å². The van der Waals surface area contributed by atoms with Gasteiger partial charge >= 0.3 is 6.18 Å². The second-order valence-electron chi connectivity index (χ2n) is 4.84. The molecule has 1 aromatic rings. The molecule has 0 radical (unpaired) electrons. The summed E-state index contributed by atoms with van der Waals surface area (Å²) in [4.78, 5) is 1.94. The smallest absolute Gasteiger partial charge is 0.368 e. The van der Waals surface area contributed by atoms with Crippen molar-refractivity contribution in [1.29, 1.82) is 0 Å². The highest BCUT2D eigenvalue weighted by Crippen LogP contribution is 2.38. The van der Waals surface area contributed by atoms with Gasteiger partial charge in [-0.2, -0.15) is 13.2 Å². The SMILES string of the molecule is FC(F)(F)c1ccccc1N1CCCCC1CCBr. The third-order valence-corrected chi connectivity index (χ3v) is 4.05. The topological polar surface area (TPSA) is 3.24 Å². The van der Waals surface area contributed by atoms with Gasteiger partial charge in [-0.25, -0.2) is 0 Å². The minimum atomic E-state index is -4.28. The second-order valence-corrected chi connectivity index (χ2v) is 5.63. The molecule has 0 bridgehead atoms. The summed E-state index contributed by atoms with van der Waals surface area (Å²) in [6.07, 6.45) is -0.371. The molecule has 1 aliphatic heterocycles. The molecule has 0 saturated carbocycles. The number of anilines is 1. The Labute approximate surface area is 119 Å². The quantitative estimate of drug-likeness (QED) is 0.714. The van der Waals surface area contributed by atoms with Gasteiger partial charge in [0.1, 0.15) is 0 Å². The van der Waals surface area contributed by atoms with Gasteiger partial charge in [-0.3, -0.25) is 0 Å². The van der Waals surface area contributed by atoms with Crippen LogP contribution >= 0.6 is 15.9 Å². The van der Waals surface area contributed by atoms with Crippen LogP contribution in [0.25, 0.3) is 0 Å². The number of hydrogen-bond acceptors (Lipinski definition) is 1. The molecular formula is C14H17BrF3N. The van der Waals surface area contributed by atoms with Gasteiger partial charge in [0.2, 0.25) is 0 Å². The molecule has 1 unspecified atom stereocenters. The molecule has 106 valence electrons. The average Bonchev–Trinajstić information content (AvgIpc) is 2.39. The number of hydrogen-bond donors (Lipinski definition) is 0. The van der Waals surface area contributed by atoms with Crippen molar-refractivity contribution in [2.24, 2.45) is 0 Å². The standard InChI is InChI=1S/C14H17BrF3N/c15-9-8-11-5-3-4-10-19(11)13-7-2-1-6-12(13)14(16,17)18/h1-2,6-7,11H,3-5,8-10H2. The molecule has 1 aromatic carbocycles. The number of para-hydroxylation sites is 1. The van der Waals surface area contributed by atoms with Gasteiger partial charge in [0.05, 0.1) is 5.56 Å². The number of nitrogens with zero attached hydrogens (tertiary/aromatic N) is 1. The maximum absolute atomic E-state index is 13.1. The van der Waals surface area contributed by atoms with Crippen molar-refractivity contribution in [1.82, 2.24) is 0 Å². The van der Waals surface area contributed by atoms with Crippen molar-refractivity contribution in [2.75, 3.05) is 16.8 Å². The third-order valence-electron chi connectivity index (χ3n) is 3.59. The number of piperidine rings is 1. The summed E-state index contributed by atoms with van der Waals surface area (Å²) in [5.74, 6) is 0. The van der Waals surface area contributed by atoms with E-state index in [-0.39, 0.29) is 6.04 Å². The van der Waals surface area contributed by atoms with Crippen LogP contribution in [0.4, 0.5) is 18.9 Å². The number of halogens is 4. The fraction of sp³-hybridized carbons (Fsp3) is 0.571. The lowest BCUT2D eigenvalue weighted by atomic mass is 9.98. The summed E-state index contributed by atoms with van der Waals surface area (Å²) in [7, 11) is 0. The lowest BCUT2D eigenvalue weighted by molar-refractivity contribution is -0.137. The normalized spacial score (nSPS) is 20.6. The van der Waals surface area contributed by atoms with E-state index >= 15 is 0 Å². The lowest BCUT2D eigenvalue weighted by Gasteiger charge is -2.38. The van der Waals surface area contributed by atoms with Crippen LogP contribution < -0.4 is 4.90 Å². The Bertz CT molecular complexity index is 417. The van der Waals surface area contributed by atoms with Gasteiger partial charge in [-0.05, 0) is 37.8 Å². The van der Waals surface area contributed by atoms with Crippen LogP contribution in [0.1, 0.15) is 31.2 Å². The molecule has 1 nitrogen and oxygen atoms in total. The maximum atomic E-state index is 13.1. The first-order valence-corrected chi connectivity index (χ1v) is 7.65. The molecule has 19 heavy (non-hydrogen) atoms. The van der Waals surface area contributed by atoms with Gasteiger partial charge in [-0.1, -0.05) is 28.1 Å². The lowest BCUT2D eigenvalue weighted by Crippen LogP contribution is -2.40. The first-order chi connectivity index (χ1) is 9.04. The summed E-state index contributed by atoms with van der Waals surface area (Å²) in [6.45, 7) is 0.713. The molecule has 0 aromatic heterocycles. The van der Waals surface area contributed by atoms with E-state index in [2.05, 4.69) is 15.9 Å². The molecule has 2 rings (SSSR count). The van der Waals surface area contributed by atoms with Gasteiger partial charge < -0.3 is 4.90 Å². The Morgan fingerprint density at radius 3 is 2.63 bits per heavy atom. The van der Waals surface area contributed by atoms with Gasteiger partial charge in [0.15, 0.2) is 0 Å². The van der Waals surface area contributed by atoms with Crippen LogP contribution in [0, 0.1) is 0 Å². The van der Waals surface area contributed by atoms with Crippen molar-refractivity contribution in [2.45, 2.75) is 37.9 Å². The molecular weight excluding hydrogens is 319 g/mol. The molecule has 1 atom stereocenters. The fourth-order valence-corrected chi connectivity index (χ4v) is 3.24. The van der Waals surface area contributed by atoms with Crippen LogP contribution in [-0.2, 0) is 6.18 Å². The highest BCUT2D eigenvalue weighted by atomic mass is 79.9. The van der Waals surface area contributed by atoms with Crippen LogP contribution in [-0.4, -0.2) is 17.9 Å². The molecule has 0 N–H and O–H groups in total. The zero-order chi connectivity index (χ0) is 13.9. The second kappa shape index (κ2) is 6.16. The maximum Gasteiger partial charge on any atom is 0.418 e. The Balaban J connectivity index is 2.33. The van der Waals surface area contributed by atoms with Crippen LogP contribution in [0.3, 0.4) is 0 Å². The molecule has 5 heteroatoms. The first-order valence-electron chi connectivity index (χ1n) is 6.53. The third kappa shape index (κ3) is 3.44.